The number of carbonyl (C=O) groups is 3. The predicted molar refractivity (Wildman–Crippen MR) is 115 cm³/mol. The van der Waals surface area contributed by atoms with Crippen LogP contribution in [0.1, 0.15) is 49.8 Å². The van der Waals surface area contributed by atoms with E-state index >= 15 is 0 Å². The molecule has 1 amide bonds. The van der Waals surface area contributed by atoms with E-state index in [4.69, 9.17) is 4.74 Å². The maximum Gasteiger partial charge on any atom is 0.341 e. The lowest BCUT2D eigenvalue weighted by Crippen LogP contribution is -2.14. The van der Waals surface area contributed by atoms with E-state index in [1.165, 1.54) is 6.92 Å². The van der Waals surface area contributed by atoms with Gasteiger partial charge in [-0.25, -0.2) is 4.79 Å². The minimum absolute atomic E-state index is 0.161. The number of rotatable bonds is 6. The highest BCUT2D eigenvalue weighted by Crippen LogP contribution is 2.34. The molecule has 148 valence electrons. The van der Waals surface area contributed by atoms with E-state index in [0.29, 0.717) is 21.0 Å². The number of hydrogen-bond donors (Lipinski definition) is 1. The van der Waals surface area contributed by atoms with Gasteiger partial charge in [0.1, 0.15) is 5.00 Å². The van der Waals surface area contributed by atoms with Crippen LogP contribution >= 0.6 is 11.3 Å². The Bertz CT molecular complexity index is 1050. The first-order chi connectivity index (χ1) is 13.9. The molecule has 0 aliphatic heterocycles. The van der Waals surface area contributed by atoms with Crippen LogP contribution in [-0.2, 0) is 4.74 Å². The molecule has 0 radical (unpaired) electrons. The highest BCUT2D eigenvalue weighted by atomic mass is 32.1. The van der Waals surface area contributed by atoms with Crippen LogP contribution in [0.2, 0.25) is 0 Å². The molecular formula is C23H21NO4S. The largest absolute Gasteiger partial charge is 0.462 e. The second kappa shape index (κ2) is 8.84. The van der Waals surface area contributed by atoms with Crippen molar-refractivity contribution < 1.29 is 19.1 Å². The van der Waals surface area contributed by atoms with Crippen molar-refractivity contribution in [3.63, 3.8) is 0 Å². The Morgan fingerprint density at radius 1 is 0.966 bits per heavy atom. The summed E-state index contributed by atoms with van der Waals surface area (Å²) in [5.74, 6) is -1.07. The third-order valence-corrected chi connectivity index (χ3v) is 5.74. The van der Waals surface area contributed by atoms with Crippen molar-refractivity contribution in [1.82, 2.24) is 0 Å². The van der Waals surface area contributed by atoms with Gasteiger partial charge in [-0.3, -0.25) is 9.59 Å². The maximum absolute atomic E-state index is 12.7. The molecule has 0 spiro atoms. The molecule has 1 heterocycles. The summed E-state index contributed by atoms with van der Waals surface area (Å²) in [4.78, 5) is 37.4. The van der Waals surface area contributed by atoms with Crippen LogP contribution in [-0.4, -0.2) is 24.3 Å². The Labute approximate surface area is 173 Å². The minimum Gasteiger partial charge on any atom is -0.462 e. The number of hydrogen-bond acceptors (Lipinski definition) is 5. The molecule has 6 heteroatoms. The fourth-order valence-electron chi connectivity index (χ4n) is 3.01. The number of carbonyl (C=O) groups excluding carboxylic acids is 3. The monoisotopic (exact) mass is 407 g/mol. The van der Waals surface area contributed by atoms with Crippen LogP contribution in [0.3, 0.4) is 0 Å². The SMILES string of the molecule is CCOC(=O)c1c(NC(=O)c2ccc(-c3ccccc3)cc2)sc(C(C)=O)c1C. The van der Waals surface area contributed by atoms with Gasteiger partial charge in [0, 0.05) is 5.56 Å². The summed E-state index contributed by atoms with van der Waals surface area (Å²) in [5, 5.41) is 3.09. The zero-order chi connectivity index (χ0) is 21.0. The quantitative estimate of drug-likeness (QED) is 0.441. The second-order valence-corrected chi connectivity index (χ2v) is 7.46. The molecule has 0 atom stereocenters. The number of ketones is 1. The van der Waals surface area contributed by atoms with Gasteiger partial charge in [0.15, 0.2) is 5.78 Å². The number of amides is 1. The van der Waals surface area contributed by atoms with Crippen molar-refractivity contribution in [2.45, 2.75) is 20.8 Å². The third-order valence-electron chi connectivity index (χ3n) is 4.43. The van der Waals surface area contributed by atoms with Crippen LogP contribution in [0.15, 0.2) is 54.6 Å². The summed E-state index contributed by atoms with van der Waals surface area (Å²) in [6, 6.07) is 17.1. The van der Waals surface area contributed by atoms with Crippen molar-refractivity contribution in [1.29, 1.82) is 0 Å². The Morgan fingerprint density at radius 3 is 2.17 bits per heavy atom. The second-order valence-electron chi connectivity index (χ2n) is 6.43. The highest BCUT2D eigenvalue weighted by molar-refractivity contribution is 7.18. The molecular weight excluding hydrogens is 386 g/mol. The van der Waals surface area contributed by atoms with Gasteiger partial charge >= 0.3 is 5.97 Å². The number of esters is 1. The van der Waals surface area contributed by atoms with Crippen molar-refractivity contribution in [2.75, 3.05) is 11.9 Å². The molecule has 0 fully saturated rings. The molecule has 0 saturated carbocycles. The zero-order valence-electron chi connectivity index (χ0n) is 16.4. The van der Waals surface area contributed by atoms with E-state index in [-0.39, 0.29) is 23.9 Å². The summed E-state index contributed by atoms with van der Waals surface area (Å²) < 4.78 is 5.10. The molecule has 0 aliphatic rings. The fraction of sp³-hybridized carbons (Fsp3) is 0.174. The molecule has 3 aromatic rings. The molecule has 2 aromatic carbocycles. The Hall–Kier alpha value is -3.25. The number of ether oxygens (including phenoxy) is 1. The molecule has 1 aromatic heterocycles. The van der Waals surface area contributed by atoms with E-state index in [1.54, 1.807) is 26.0 Å². The lowest BCUT2D eigenvalue weighted by Gasteiger charge is -2.08. The molecule has 3 rings (SSSR count). The molecule has 0 saturated heterocycles. The lowest BCUT2D eigenvalue weighted by molar-refractivity contribution is 0.0527. The first kappa shape index (κ1) is 20.5. The normalized spacial score (nSPS) is 10.4. The van der Waals surface area contributed by atoms with E-state index in [9.17, 15) is 14.4 Å². The third kappa shape index (κ3) is 4.43. The summed E-state index contributed by atoms with van der Waals surface area (Å²) in [6.07, 6.45) is 0. The van der Waals surface area contributed by atoms with E-state index in [1.807, 2.05) is 42.5 Å². The summed E-state index contributed by atoms with van der Waals surface area (Å²) in [7, 11) is 0. The van der Waals surface area contributed by atoms with Crippen molar-refractivity contribution in [2.24, 2.45) is 0 Å². The predicted octanol–water partition coefficient (Wildman–Crippen LogP) is 5.36. The Balaban J connectivity index is 1.87. The number of benzene rings is 2. The Kier molecular flexibility index (Phi) is 6.24. The maximum atomic E-state index is 12.7. The first-order valence-electron chi connectivity index (χ1n) is 9.20. The highest BCUT2D eigenvalue weighted by Gasteiger charge is 2.25. The number of thiophene rings is 1. The van der Waals surface area contributed by atoms with Crippen molar-refractivity contribution in [3.05, 3.63) is 76.2 Å². The van der Waals surface area contributed by atoms with Crippen LogP contribution in [0.4, 0.5) is 5.00 Å². The topological polar surface area (TPSA) is 72.5 Å². The Morgan fingerprint density at radius 2 is 1.59 bits per heavy atom. The standard InChI is InChI=1S/C23H21NO4S/c1-4-28-23(27)19-14(2)20(15(3)25)29-22(19)24-21(26)18-12-10-17(11-13-18)16-8-6-5-7-9-16/h5-13H,4H2,1-3H3,(H,24,26). The van der Waals surface area contributed by atoms with Crippen molar-refractivity contribution >= 4 is 34.0 Å². The van der Waals surface area contributed by atoms with Crippen LogP contribution in [0, 0.1) is 6.92 Å². The minimum atomic E-state index is -0.552. The van der Waals surface area contributed by atoms with Gasteiger partial charge in [-0.05, 0) is 49.6 Å². The number of anilines is 1. The van der Waals surface area contributed by atoms with Gasteiger partial charge in [0.2, 0.25) is 0 Å². The molecule has 29 heavy (non-hydrogen) atoms. The van der Waals surface area contributed by atoms with E-state index < -0.39 is 5.97 Å². The van der Waals surface area contributed by atoms with E-state index in [2.05, 4.69) is 5.32 Å². The lowest BCUT2D eigenvalue weighted by atomic mass is 10.0. The summed E-state index contributed by atoms with van der Waals surface area (Å²) >= 11 is 1.09. The van der Waals surface area contributed by atoms with Gasteiger partial charge < -0.3 is 10.1 Å². The smallest absolute Gasteiger partial charge is 0.341 e. The molecule has 1 N–H and O–H groups in total. The summed E-state index contributed by atoms with van der Waals surface area (Å²) in [6.45, 7) is 5.03. The average Bonchev–Trinajstić information content (AvgIpc) is 3.05. The van der Waals surface area contributed by atoms with E-state index in [0.717, 1.165) is 22.5 Å². The summed E-state index contributed by atoms with van der Waals surface area (Å²) in [5.41, 5.74) is 3.27. The fourth-order valence-corrected chi connectivity index (χ4v) is 4.09. The van der Waals surface area contributed by atoms with Gasteiger partial charge in [-0.2, -0.15) is 0 Å². The number of nitrogens with one attached hydrogen (secondary N) is 1. The number of Topliss-reactive ketones (excluding diaryl/α,β-unsaturated/α-hetero) is 1. The first-order valence-corrected chi connectivity index (χ1v) is 10.0. The zero-order valence-corrected chi connectivity index (χ0v) is 17.3. The van der Waals surface area contributed by atoms with Gasteiger partial charge in [-0.15, -0.1) is 11.3 Å². The molecule has 0 aliphatic carbocycles. The van der Waals surface area contributed by atoms with Gasteiger partial charge in [0.05, 0.1) is 17.0 Å². The van der Waals surface area contributed by atoms with Crippen LogP contribution in [0.5, 0.6) is 0 Å². The molecule has 5 nitrogen and oxygen atoms in total. The van der Waals surface area contributed by atoms with Gasteiger partial charge in [-0.1, -0.05) is 42.5 Å². The van der Waals surface area contributed by atoms with Crippen molar-refractivity contribution in [3.8, 4) is 11.1 Å². The van der Waals surface area contributed by atoms with Gasteiger partial charge in [0.25, 0.3) is 5.91 Å². The van der Waals surface area contributed by atoms with Crippen LogP contribution < -0.4 is 5.32 Å². The molecule has 0 bridgehead atoms. The average molecular weight is 407 g/mol. The van der Waals surface area contributed by atoms with Crippen LogP contribution in [0.25, 0.3) is 11.1 Å². The molecule has 0 unspecified atom stereocenters.